The van der Waals surface area contributed by atoms with Gasteiger partial charge >= 0.3 is 0 Å². The summed E-state index contributed by atoms with van der Waals surface area (Å²) in [5.41, 5.74) is 13.4. The molecule has 1 aromatic rings. The zero-order chi connectivity index (χ0) is 11.5. The van der Waals surface area contributed by atoms with Crippen molar-refractivity contribution in [2.45, 2.75) is 18.9 Å². The van der Waals surface area contributed by atoms with Crippen LogP contribution < -0.4 is 16.4 Å². The van der Waals surface area contributed by atoms with Crippen LogP contribution in [0, 0.1) is 0 Å². The number of hydrogen-bond donors (Lipinski definition) is 2. The van der Waals surface area contributed by atoms with E-state index < -0.39 is 0 Å². The van der Waals surface area contributed by atoms with Gasteiger partial charge in [-0.1, -0.05) is 18.2 Å². The molecule has 86 valence electrons. The van der Waals surface area contributed by atoms with Gasteiger partial charge in [-0.3, -0.25) is 4.79 Å². The molecular formula is C12H17N3O. The molecule has 0 aliphatic carbocycles. The summed E-state index contributed by atoms with van der Waals surface area (Å²) in [7, 11) is 0. The standard InChI is InChI=1S/C12H17N3O/c13-7-10-6-5-9-3-1-2-4-11(9)15(10)8-12(14)16/h1-4,10H,5-8,13H2,(H2,14,16). The fourth-order valence-electron chi connectivity index (χ4n) is 2.30. The van der Waals surface area contributed by atoms with Crippen LogP contribution >= 0.6 is 0 Å². The lowest BCUT2D eigenvalue weighted by Gasteiger charge is -2.37. The molecule has 2 rings (SSSR count). The average Bonchev–Trinajstić information content (AvgIpc) is 2.29. The fraction of sp³-hybridized carbons (Fsp3) is 0.417. The Balaban J connectivity index is 2.32. The number of fused-ring (bicyclic) bond motifs is 1. The topological polar surface area (TPSA) is 72.3 Å². The number of benzene rings is 1. The van der Waals surface area contributed by atoms with Crippen molar-refractivity contribution in [3.05, 3.63) is 29.8 Å². The monoisotopic (exact) mass is 219 g/mol. The molecule has 4 N–H and O–H groups in total. The summed E-state index contributed by atoms with van der Waals surface area (Å²) in [5.74, 6) is -0.310. The second kappa shape index (κ2) is 4.53. The molecule has 4 heteroatoms. The van der Waals surface area contributed by atoms with E-state index in [1.54, 1.807) is 0 Å². The largest absolute Gasteiger partial charge is 0.368 e. The smallest absolute Gasteiger partial charge is 0.236 e. The molecule has 1 amide bonds. The third-order valence-corrected chi connectivity index (χ3v) is 3.09. The van der Waals surface area contributed by atoms with E-state index in [1.165, 1.54) is 5.56 Å². The Labute approximate surface area is 95.2 Å². The number of amides is 1. The lowest BCUT2D eigenvalue weighted by Crippen LogP contribution is -2.47. The first-order valence-corrected chi connectivity index (χ1v) is 5.55. The molecular weight excluding hydrogens is 202 g/mol. The normalized spacial score (nSPS) is 19.3. The zero-order valence-corrected chi connectivity index (χ0v) is 9.23. The lowest BCUT2D eigenvalue weighted by molar-refractivity contribution is -0.116. The number of carbonyl (C=O) groups excluding carboxylic acids is 1. The Kier molecular flexibility index (Phi) is 3.10. The van der Waals surface area contributed by atoms with Crippen LogP contribution in [0.25, 0.3) is 0 Å². The second-order valence-corrected chi connectivity index (χ2v) is 4.15. The van der Waals surface area contributed by atoms with Gasteiger partial charge in [-0.15, -0.1) is 0 Å². The van der Waals surface area contributed by atoms with Gasteiger partial charge in [0, 0.05) is 18.3 Å². The summed E-state index contributed by atoms with van der Waals surface area (Å²) in [6.07, 6.45) is 2.01. The Bertz CT molecular complexity index is 392. The van der Waals surface area contributed by atoms with Gasteiger partial charge in [0.15, 0.2) is 0 Å². The molecule has 0 saturated carbocycles. The first-order valence-electron chi connectivity index (χ1n) is 5.55. The van der Waals surface area contributed by atoms with Crippen LogP contribution in [0.5, 0.6) is 0 Å². The number of nitrogens with two attached hydrogens (primary N) is 2. The first-order chi connectivity index (χ1) is 7.72. The fourth-order valence-corrected chi connectivity index (χ4v) is 2.30. The molecule has 0 bridgehead atoms. The van der Waals surface area contributed by atoms with Gasteiger partial charge in [0.05, 0.1) is 6.54 Å². The average molecular weight is 219 g/mol. The SMILES string of the molecule is NCC1CCc2ccccc2N1CC(N)=O. The molecule has 0 fully saturated rings. The van der Waals surface area contributed by atoms with E-state index in [1.807, 2.05) is 23.1 Å². The molecule has 1 heterocycles. The van der Waals surface area contributed by atoms with E-state index in [9.17, 15) is 4.79 Å². The minimum Gasteiger partial charge on any atom is -0.368 e. The number of hydrogen-bond acceptors (Lipinski definition) is 3. The maximum Gasteiger partial charge on any atom is 0.236 e. The first kappa shape index (κ1) is 11.0. The maximum absolute atomic E-state index is 11.1. The van der Waals surface area contributed by atoms with Crippen molar-refractivity contribution in [3.63, 3.8) is 0 Å². The second-order valence-electron chi connectivity index (χ2n) is 4.15. The predicted molar refractivity (Wildman–Crippen MR) is 64.1 cm³/mol. The molecule has 0 saturated heterocycles. The predicted octanol–water partition coefficient (Wildman–Crippen LogP) is 0.252. The molecule has 0 aromatic heterocycles. The van der Waals surface area contributed by atoms with Crippen molar-refractivity contribution in [2.24, 2.45) is 11.5 Å². The summed E-state index contributed by atoms with van der Waals surface area (Å²) >= 11 is 0. The lowest BCUT2D eigenvalue weighted by atomic mass is 9.96. The molecule has 1 aliphatic heterocycles. The van der Waals surface area contributed by atoms with Gasteiger partial charge in [-0.05, 0) is 24.5 Å². The van der Waals surface area contributed by atoms with Gasteiger partial charge in [-0.2, -0.15) is 0 Å². The molecule has 1 unspecified atom stereocenters. The summed E-state index contributed by atoms with van der Waals surface area (Å²) in [6.45, 7) is 0.806. The van der Waals surface area contributed by atoms with Gasteiger partial charge in [0.25, 0.3) is 0 Å². The summed E-state index contributed by atoms with van der Waals surface area (Å²) in [5, 5.41) is 0. The van der Waals surface area contributed by atoms with Gasteiger partial charge in [0.1, 0.15) is 0 Å². The highest BCUT2D eigenvalue weighted by Crippen LogP contribution is 2.29. The van der Waals surface area contributed by atoms with Crippen molar-refractivity contribution in [2.75, 3.05) is 18.0 Å². The molecule has 0 radical (unpaired) electrons. The van der Waals surface area contributed by atoms with E-state index >= 15 is 0 Å². The summed E-state index contributed by atoms with van der Waals surface area (Å²) in [6, 6.07) is 8.34. The van der Waals surface area contributed by atoms with Gasteiger partial charge in [-0.25, -0.2) is 0 Å². The van der Waals surface area contributed by atoms with E-state index in [2.05, 4.69) is 6.07 Å². The van der Waals surface area contributed by atoms with Crippen molar-refractivity contribution in [1.29, 1.82) is 0 Å². The minimum atomic E-state index is -0.310. The van der Waals surface area contributed by atoms with Gasteiger partial charge < -0.3 is 16.4 Å². The van der Waals surface area contributed by atoms with Crippen molar-refractivity contribution in [1.82, 2.24) is 0 Å². The number of carbonyl (C=O) groups is 1. The number of nitrogens with zero attached hydrogens (tertiary/aromatic N) is 1. The van der Waals surface area contributed by atoms with Gasteiger partial charge in [0.2, 0.25) is 5.91 Å². The number of primary amides is 1. The third-order valence-electron chi connectivity index (χ3n) is 3.09. The van der Waals surface area contributed by atoms with Crippen LogP contribution in [0.15, 0.2) is 24.3 Å². The maximum atomic E-state index is 11.1. The number of aryl methyl sites for hydroxylation is 1. The number of anilines is 1. The van der Waals surface area contributed by atoms with Crippen LogP contribution in [-0.2, 0) is 11.2 Å². The Morgan fingerprint density at radius 3 is 2.88 bits per heavy atom. The highest BCUT2D eigenvalue weighted by Gasteiger charge is 2.25. The van der Waals surface area contributed by atoms with Crippen LogP contribution in [0.3, 0.4) is 0 Å². The Hall–Kier alpha value is -1.55. The highest BCUT2D eigenvalue weighted by molar-refractivity contribution is 5.80. The Morgan fingerprint density at radius 1 is 1.44 bits per heavy atom. The zero-order valence-electron chi connectivity index (χ0n) is 9.23. The molecule has 1 aliphatic rings. The van der Waals surface area contributed by atoms with Crippen molar-refractivity contribution < 1.29 is 4.79 Å². The summed E-state index contributed by atoms with van der Waals surface area (Å²) < 4.78 is 0. The van der Waals surface area contributed by atoms with E-state index in [0.717, 1.165) is 18.5 Å². The molecule has 1 atom stereocenters. The molecule has 1 aromatic carbocycles. The molecule has 0 spiro atoms. The van der Waals surface area contributed by atoms with Crippen molar-refractivity contribution >= 4 is 11.6 Å². The Morgan fingerprint density at radius 2 is 2.19 bits per heavy atom. The minimum absolute atomic E-state index is 0.224. The van der Waals surface area contributed by atoms with Crippen LogP contribution in [0.1, 0.15) is 12.0 Å². The molecule has 16 heavy (non-hydrogen) atoms. The third kappa shape index (κ3) is 2.02. The highest BCUT2D eigenvalue weighted by atomic mass is 16.1. The number of rotatable bonds is 3. The van der Waals surface area contributed by atoms with Crippen LogP contribution in [0.4, 0.5) is 5.69 Å². The van der Waals surface area contributed by atoms with Crippen LogP contribution in [0.2, 0.25) is 0 Å². The van der Waals surface area contributed by atoms with E-state index in [4.69, 9.17) is 11.5 Å². The van der Waals surface area contributed by atoms with E-state index in [-0.39, 0.29) is 18.5 Å². The molecule has 4 nitrogen and oxygen atoms in total. The van der Waals surface area contributed by atoms with E-state index in [0.29, 0.717) is 6.54 Å². The quantitative estimate of drug-likeness (QED) is 0.765. The summed E-state index contributed by atoms with van der Waals surface area (Å²) in [4.78, 5) is 13.1. The number of para-hydroxylation sites is 1. The van der Waals surface area contributed by atoms with Crippen LogP contribution in [-0.4, -0.2) is 25.0 Å². The van der Waals surface area contributed by atoms with Crippen molar-refractivity contribution in [3.8, 4) is 0 Å².